The molecular weight excluding hydrogens is 219 g/mol. The fourth-order valence-corrected chi connectivity index (χ4v) is 1.33. The van der Waals surface area contributed by atoms with Crippen molar-refractivity contribution in [3.63, 3.8) is 0 Å². The second-order valence-electron chi connectivity index (χ2n) is 4.11. The van der Waals surface area contributed by atoms with Crippen LogP contribution in [0.5, 0.6) is 5.75 Å². The Morgan fingerprint density at radius 3 is 2.44 bits per heavy atom. The lowest BCUT2D eigenvalue weighted by Gasteiger charge is -2.23. The van der Waals surface area contributed by atoms with Gasteiger partial charge in [0.15, 0.2) is 0 Å². The Morgan fingerprint density at radius 2 is 2.00 bits per heavy atom. The Kier molecular flexibility index (Phi) is 3.80. The summed E-state index contributed by atoms with van der Waals surface area (Å²) in [4.78, 5) is 0. The zero-order chi connectivity index (χ0) is 12.3. The Morgan fingerprint density at radius 1 is 1.38 bits per heavy atom. The van der Waals surface area contributed by atoms with Gasteiger partial charge in [-0.3, -0.25) is 0 Å². The Bertz CT molecular complexity index is 366. The number of alkyl halides is 2. The minimum atomic E-state index is -2.95. The molecule has 0 saturated carbocycles. The van der Waals surface area contributed by atoms with Crippen LogP contribution in [0, 0.1) is 5.82 Å². The first-order valence-corrected chi connectivity index (χ1v) is 4.82. The van der Waals surface area contributed by atoms with Gasteiger partial charge in [0.05, 0.1) is 0 Å². The van der Waals surface area contributed by atoms with Crippen molar-refractivity contribution in [1.29, 1.82) is 0 Å². The van der Waals surface area contributed by atoms with Gasteiger partial charge in [0.25, 0.3) is 0 Å². The van der Waals surface area contributed by atoms with E-state index >= 15 is 0 Å². The summed E-state index contributed by atoms with van der Waals surface area (Å²) in [5.74, 6) is -0.780. The number of ether oxygens (including phenoxy) is 1. The predicted molar refractivity (Wildman–Crippen MR) is 55.1 cm³/mol. The van der Waals surface area contributed by atoms with Crippen LogP contribution in [0.2, 0.25) is 0 Å². The van der Waals surface area contributed by atoms with Crippen LogP contribution >= 0.6 is 0 Å². The average molecular weight is 233 g/mol. The monoisotopic (exact) mass is 233 g/mol. The number of hydrogen-bond acceptors (Lipinski definition) is 2. The van der Waals surface area contributed by atoms with Gasteiger partial charge in [-0.1, -0.05) is 19.9 Å². The molecule has 2 nitrogen and oxygen atoms in total. The van der Waals surface area contributed by atoms with E-state index < -0.39 is 17.8 Å². The van der Waals surface area contributed by atoms with Crippen LogP contribution in [0.4, 0.5) is 13.2 Å². The van der Waals surface area contributed by atoms with Gasteiger partial charge in [-0.2, -0.15) is 8.78 Å². The van der Waals surface area contributed by atoms with Crippen molar-refractivity contribution in [2.45, 2.75) is 25.9 Å². The van der Waals surface area contributed by atoms with Crippen LogP contribution in [0.3, 0.4) is 0 Å². The molecule has 2 N–H and O–H groups in total. The molecule has 16 heavy (non-hydrogen) atoms. The van der Waals surface area contributed by atoms with E-state index in [4.69, 9.17) is 5.73 Å². The normalized spacial score (nSPS) is 11.9. The molecule has 0 amide bonds. The van der Waals surface area contributed by atoms with Crippen LogP contribution < -0.4 is 10.5 Å². The SMILES string of the molecule is CC(C)(CN)c1ccc(OC(F)F)cc1F. The highest BCUT2D eigenvalue weighted by atomic mass is 19.3. The molecule has 1 aromatic rings. The summed E-state index contributed by atoms with van der Waals surface area (Å²) in [7, 11) is 0. The van der Waals surface area contributed by atoms with Gasteiger partial charge in [0, 0.05) is 18.0 Å². The van der Waals surface area contributed by atoms with Crippen molar-refractivity contribution in [2.75, 3.05) is 6.54 Å². The smallest absolute Gasteiger partial charge is 0.387 e. The molecule has 0 atom stereocenters. The molecule has 5 heteroatoms. The summed E-state index contributed by atoms with van der Waals surface area (Å²) >= 11 is 0. The van der Waals surface area contributed by atoms with Gasteiger partial charge in [0.1, 0.15) is 11.6 Å². The Hall–Kier alpha value is -1.23. The zero-order valence-corrected chi connectivity index (χ0v) is 9.14. The third-order valence-electron chi connectivity index (χ3n) is 2.41. The van der Waals surface area contributed by atoms with Crippen LogP contribution in [-0.2, 0) is 5.41 Å². The van der Waals surface area contributed by atoms with E-state index in [-0.39, 0.29) is 12.3 Å². The highest BCUT2D eigenvalue weighted by molar-refractivity contribution is 5.33. The number of nitrogens with two attached hydrogens (primary N) is 1. The van der Waals surface area contributed by atoms with E-state index in [1.165, 1.54) is 12.1 Å². The molecule has 90 valence electrons. The van der Waals surface area contributed by atoms with Gasteiger partial charge in [-0.15, -0.1) is 0 Å². The molecule has 0 aromatic heterocycles. The van der Waals surface area contributed by atoms with E-state index in [2.05, 4.69) is 4.74 Å². The molecule has 0 spiro atoms. The fourth-order valence-electron chi connectivity index (χ4n) is 1.33. The van der Waals surface area contributed by atoms with Crippen LogP contribution in [0.25, 0.3) is 0 Å². The molecule has 0 aliphatic carbocycles. The van der Waals surface area contributed by atoms with Gasteiger partial charge in [-0.05, 0) is 11.6 Å². The molecule has 1 rings (SSSR count). The third-order valence-corrected chi connectivity index (χ3v) is 2.41. The van der Waals surface area contributed by atoms with Crippen molar-refractivity contribution < 1.29 is 17.9 Å². The van der Waals surface area contributed by atoms with Gasteiger partial charge in [-0.25, -0.2) is 4.39 Å². The molecule has 0 radical (unpaired) electrons. The first kappa shape index (κ1) is 12.8. The van der Waals surface area contributed by atoms with E-state index in [1.807, 2.05) is 0 Å². The quantitative estimate of drug-likeness (QED) is 0.867. The number of halogens is 3. The van der Waals surface area contributed by atoms with Crippen molar-refractivity contribution >= 4 is 0 Å². The van der Waals surface area contributed by atoms with E-state index in [0.717, 1.165) is 6.07 Å². The van der Waals surface area contributed by atoms with Crippen molar-refractivity contribution in [1.82, 2.24) is 0 Å². The van der Waals surface area contributed by atoms with Crippen LogP contribution in [0.15, 0.2) is 18.2 Å². The standard InChI is InChI=1S/C11H14F3NO/c1-11(2,6-15)8-4-3-7(5-9(8)12)16-10(13)14/h3-5,10H,6,15H2,1-2H3. The van der Waals surface area contributed by atoms with Gasteiger partial charge >= 0.3 is 6.61 Å². The zero-order valence-electron chi connectivity index (χ0n) is 9.14. The predicted octanol–water partition coefficient (Wildman–Crippen LogP) is 2.66. The summed E-state index contributed by atoms with van der Waals surface area (Å²) in [6.45, 7) is 0.865. The third kappa shape index (κ3) is 2.88. The first-order chi connectivity index (χ1) is 7.36. The lowest BCUT2D eigenvalue weighted by molar-refractivity contribution is -0.0500. The second kappa shape index (κ2) is 4.74. The van der Waals surface area contributed by atoms with E-state index in [1.54, 1.807) is 13.8 Å². The molecule has 0 saturated heterocycles. The highest BCUT2D eigenvalue weighted by Gasteiger charge is 2.23. The molecular formula is C11H14F3NO. The van der Waals surface area contributed by atoms with Crippen LogP contribution in [0.1, 0.15) is 19.4 Å². The largest absolute Gasteiger partial charge is 0.435 e. The van der Waals surface area contributed by atoms with Crippen molar-refractivity contribution in [3.8, 4) is 5.75 Å². The molecule has 0 fully saturated rings. The van der Waals surface area contributed by atoms with E-state index in [0.29, 0.717) is 5.56 Å². The lowest BCUT2D eigenvalue weighted by Crippen LogP contribution is -2.29. The minimum absolute atomic E-state index is 0.191. The molecule has 0 unspecified atom stereocenters. The average Bonchev–Trinajstić information content (AvgIpc) is 2.16. The summed E-state index contributed by atoms with van der Waals surface area (Å²) in [5, 5.41) is 0. The Balaban J connectivity index is 3.00. The number of benzene rings is 1. The summed E-state index contributed by atoms with van der Waals surface area (Å²) < 4.78 is 41.5. The van der Waals surface area contributed by atoms with E-state index in [9.17, 15) is 13.2 Å². The number of rotatable bonds is 4. The summed E-state index contributed by atoms with van der Waals surface area (Å²) in [5.41, 5.74) is 5.36. The van der Waals surface area contributed by atoms with Crippen molar-refractivity contribution in [3.05, 3.63) is 29.6 Å². The second-order valence-corrected chi connectivity index (χ2v) is 4.11. The fraction of sp³-hybridized carbons (Fsp3) is 0.455. The minimum Gasteiger partial charge on any atom is -0.435 e. The molecule has 0 aliphatic rings. The maximum absolute atomic E-state index is 13.6. The molecule has 0 bridgehead atoms. The first-order valence-electron chi connectivity index (χ1n) is 4.82. The van der Waals surface area contributed by atoms with Crippen molar-refractivity contribution in [2.24, 2.45) is 5.73 Å². The maximum Gasteiger partial charge on any atom is 0.387 e. The maximum atomic E-state index is 13.6. The summed E-state index contributed by atoms with van der Waals surface area (Å²) in [6, 6.07) is 3.67. The molecule has 1 aromatic carbocycles. The topological polar surface area (TPSA) is 35.2 Å². The number of hydrogen-bond donors (Lipinski definition) is 1. The molecule has 0 heterocycles. The Labute approximate surface area is 92.2 Å². The van der Waals surface area contributed by atoms with Gasteiger partial charge < -0.3 is 10.5 Å². The lowest BCUT2D eigenvalue weighted by atomic mass is 9.84. The molecule has 0 aliphatic heterocycles. The summed E-state index contributed by atoms with van der Waals surface area (Å²) in [6.07, 6.45) is 0. The van der Waals surface area contributed by atoms with Gasteiger partial charge in [0.2, 0.25) is 0 Å². The highest BCUT2D eigenvalue weighted by Crippen LogP contribution is 2.27. The van der Waals surface area contributed by atoms with Crippen LogP contribution in [-0.4, -0.2) is 13.2 Å².